The molecule has 23 heavy (non-hydrogen) atoms. The Hall–Kier alpha value is -2.35. The van der Waals surface area contributed by atoms with Gasteiger partial charge in [-0.25, -0.2) is 18.2 Å². The molecule has 122 valence electrons. The van der Waals surface area contributed by atoms with E-state index >= 15 is 0 Å². The van der Waals surface area contributed by atoms with Crippen molar-refractivity contribution in [3.8, 4) is 17.1 Å². The number of ether oxygens (including phenoxy) is 1. The molecule has 5 nitrogen and oxygen atoms in total. The van der Waals surface area contributed by atoms with Crippen LogP contribution in [-0.2, 0) is 0 Å². The molecule has 1 heterocycles. The first kappa shape index (κ1) is 15.5. The minimum Gasteiger partial charge on any atom is -0.489 e. The average molecular weight is 324 g/mol. The predicted octanol–water partition coefficient (Wildman–Crippen LogP) is 2.79. The second-order valence-corrected chi connectivity index (χ2v) is 5.35. The van der Waals surface area contributed by atoms with E-state index in [0.29, 0.717) is 29.0 Å². The number of nitrogens with zero attached hydrogens (tertiary/aromatic N) is 2. The van der Waals surface area contributed by atoms with Crippen LogP contribution in [0.2, 0.25) is 0 Å². The summed E-state index contributed by atoms with van der Waals surface area (Å²) in [6, 6.07) is 6.75. The van der Waals surface area contributed by atoms with Gasteiger partial charge in [0.2, 0.25) is 0 Å². The lowest BCUT2D eigenvalue weighted by atomic mass is 10.2. The van der Waals surface area contributed by atoms with E-state index in [4.69, 9.17) is 10.5 Å². The fraction of sp³-hybridized carbons (Fsp3) is 0.333. The third-order valence-electron chi connectivity index (χ3n) is 3.61. The van der Waals surface area contributed by atoms with Crippen LogP contribution in [0.1, 0.15) is 18.2 Å². The number of rotatable bonds is 6. The Balaban J connectivity index is 1.66. The standard InChI is InChI=1S/C15H15F3N4O/c16-6-9(7-19)8-23-11-3-1-10(2-4-11)13-20-14(22-21-13)12-5-15(12,17)18/h1-4,6,12H,5,7-8,19H2,(H,20,21,22)/b9-6-. The molecule has 0 aliphatic heterocycles. The molecule has 3 rings (SSSR count). The molecular formula is C15H15F3N4O. The Bertz CT molecular complexity index is 712. The normalized spacial score (nSPS) is 19.7. The maximum Gasteiger partial charge on any atom is 0.259 e. The molecule has 0 amide bonds. The maximum absolute atomic E-state index is 13.0. The van der Waals surface area contributed by atoms with Gasteiger partial charge in [0.25, 0.3) is 5.92 Å². The van der Waals surface area contributed by atoms with Crippen molar-refractivity contribution < 1.29 is 17.9 Å². The predicted molar refractivity (Wildman–Crippen MR) is 77.9 cm³/mol. The Labute approximate surface area is 130 Å². The highest BCUT2D eigenvalue weighted by atomic mass is 19.3. The quantitative estimate of drug-likeness (QED) is 0.856. The van der Waals surface area contributed by atoms with Crippen LogP contribution in [0.5, 0.6) is 5.75 Å². The number of aromatic amines is 1. The Morgan fingerprint density at radius 1 is 1.39 bits per heavy atom. The minimum absolute atomic E-state index is 0.0634. The van der Waals surface area contributed by atoms with Gasteiger partial charge in [-0.3, -0.25) is 5.10 Å². The van der Waals surface area contributed by atoms with Crippen LogP contribution >= 0.6 is 0 Å². The lowest BCUT2D eigenvalue weighted by Crippen LogP contribution is -2.10. The summed E-state index contributed by atoms with van der Waals surface area (Å²) in [7, 11) is 0. The van der Waals surface area contributed by atoms with E-state index in [1.165, 1.54) is 0 Å². The van der Waals surface area contributed by atoms with Crippen molar-refractivity contribution in [3.05, 3.63) is 42.0 Å². The van der Waals surface area contributed by atoms with Gasteiger partial charge >= 0.3 is 0 Å². The highest BCUT2D eigenvalue weighted by Crippen LogP contribution is 2.54. The van der Waals surface area contributed by atoms with Gasteiger partial charge in [-0.05, 0) is 24.3 Å². The molecular weight excluding hydrogens is 309 g/mol. The lowest BCUT2D eigenvalue weighted by Gasteiger charge is -2.07. The zero-order valence-electron chi connectivity index (χ0n) is 12.1. The first-order valence-electron chi connectivity index (χ1n) is 7.05. The van der Waals surface area contributed by atoms with Crippen molar-refractivity contribution >= 4 is 0 Å². The van der Waals surface area contributed by atoms with Gasteiger partial charge in [0.05, 0.1) is 12.2 Å². The second kappa shape index (κ2) is 6.04. The van der Waals surface area contributed by atoms with Crippen LogP contribution in [0.3, 0.4) is 0 Å². The van der Waals surface area contributed by atoms with Gasteiger partial charge in [-0.15, -0.1) is 0 Å². The van der Waals surface area contributed by atoms with Gasteiger partial charge < -0.3 is 10.5 Å². The lowest BCUT2D eigenvalue weighted by molar-refractivity contribution is 0.111. The highest BCUT2D eigenvalue weighted by molar-refractivity contribution is 5.56. The van der Waals surface area contributed by atoms with Crippen molar-refractivity contribution in [1.29, 1.82) is 0 Å². The SMILES string of the molecule is NC/C(=C/F)COc1ccc(-c2n[nH]c(C3CC3(F)F)n2)cc1. The summed E-state index contributed by atoms with van der Waals surface area (Å²) in [4.78, 5) is 4.11. The summed E-state index contributed by atoms with van der Waals surface area (Å²) >= 11 is 0. The zero-order chi connectivity index (χ0) is 16.4. The molecule has 2 aromatic rings. The molecule has 1 aromatic carbocycles. The van der Waals surface area contributed by atoms with Crippen molar-refractivity contribution in [2.75, 3.05) is 13.2 Å². The molecule has 0 spiro atoms. The number of hydrogen-bond acceptors (Lipinski definition) is 4. The molecule has 8 heteroatoms. The number of halogens is 3. The van der Waals surface area contributed by atoms with Crippen LogP contribution in [0.15, 0.2) is 36.2 Å². The van der Waals surface area contributed by atoms with E-state index < -0.39 is 11.8 Å². The van der Waals surface area contributed by atoms with Crippen LogP contribution in [0, 0.1) is 0 Å². The number of H-pyrrole nitrogens is 1. The number of benzene rings is 1. The van der Waals surface area contributed by atoms with E-state index in [9.17, 15) is 13.2 Å². The van der Waals surface area contributed by atoms with Crippen molar-refractivity contribution in [1.82, 2.24) is 15.2 Å². The molecule has 0 bridgehead atoms. The second-order valence-electron chi connectivity index (χ2n) is 5.35. The summed E-state index contributed by atoms with van der Waals surface area (Å²) in [6.07, 6.45) is 0.233. The monoisotopic (exact) mass is 324 g/mol. The van der Waals surface area contributed by atoms with Gasteiger partial charge in [-0.1, -0.05) is 0 Å². The van der Waals surface area contributed by atoms with Gasteiger partial charge in [0, 0.05) is 24.1 Å². The van der Waals surface area contributed by atoms with Crippen molar-refractivity contribution in [2.24, 2.45) is 5.73 Å². The maximum atomic E-state index is 13.0. The Morgan fingerprint density at radius 2 is 2.09 bits per heavy atom. The zero-order valence-corrected chi connectivity index (χ0v) is 12.1. The van der Waals surface area contributed by atoms with Crippen LogP contribution in [0.4, 0.5) is 13.2 Å². The van der Waals surface area contributed by atoms with Crippen molar-refractivity contribution in [3.63, 3.8) is 0 Å². The number of aromatic nitrogens is 3. The first-order chi connectivity index (χ1) is 11.0. The molecule has 1 aliphatic rings. The molecule has 1 unspecified atom stereocenters. The number of nitrogens with two attached hydrogens (primary N) is 1. The van der Waals surface area contributed by atoms with E-state index in [1.807, 2.05) is 0 Å². The minimum atomic E-state index is -2.68. The van der Waals surface area contributed by atoms with Crippen LogP contribution in [0.25, 0.3) is 11.4 Å². The molecule has 3 N–H and O–H groups in total. The highest BCUT2D eigenvalue weighted by Gasteiger charge is 2.59. The fourth-order valence-corrected chi connectivity index (χ4v) is 2.08. The summed E-state index contributed by atoms with van der Waals surface area (Å²) in [5.41, 5.74) is 6.35. The molecule has 1 saturated carbocycles. The molecule has 1 aromatic heterocycles. The number of hydrogen-bond donors (Lipinski definition) is 2. The van der Waals surface area contributed by atoms with Crippen LogP contribution in [-0.4, -0.2) is 34.3 Å². The summed E-state index contributed by atoms with van der Waals surface area (Å²) in [5.74, 6) is -2.47. The van der Waals surface area contributed by atoms with E-state index in [1.54, 1.807) is 24.3 Å². The van der Waals surface area contributed by atoms with Crippen molar-refractivity contribution in [2.45, 2.75) is 18.3 Å². The average Bonchev–Trinajstić information content (AvgIpc) is 2.98. The smallest absolute Gasteiger partial charge is 0.259 e. The number of alkyl halides is 2. The molecule has 1 atom stereocenters. The first-order valence-corrected chi connectivity index (χ1v) is 7.05. The topological polar surface area (TPSA) is 76.8 Å². The largest absolute Gasteiger partial charge is 0.489 e. The summed E-state index contributed by atoms with van der Waals surface area (Å²) in [5, 5.41) is 6.51. The van der Waals surface area contributed by atoms with Gasteiger partial charge in [0.15, 0.2) is 5.82 Å². The number of nitrogens with one attached hydrogen (secondary N) is 1. The summed E-state index contributed by atoms with van der Waals surface area (Å²) < 4.78 is 43.8. The third kappa shape index (κ3) is 3.37. The van der Waals surface area contributed by atoms with Gasteiger partial charge in [-0.2, -0.15) is 5.10 Å². The van der Waals surface area contributed by atoms with E-state index in [-0.39, 0.29) is 25.4 Å². The molecule has 1 fully saturated rings. The fourth-order valence-electron chi connectivity index (χ4n) is 2.08. The molecule has 0 saturated heterocycles. The molecule has 1 aliphatic carbocycles. The van der Waals surface area contributed by atoms with E-state index in [2.05, 4.69) is 15.2 Å². The Morgan fingerprint density at radius 3 is 2.65 bits per heavy atom. The Kier molecular flexibility index (Phi) is 4.08. The third-order valence-corrected chi connectivity index (χ3v) is 3.61. The van der Waals surface area contributed by atoms with Gasteiger partial charge in [0.1, 0.15) is 18.2 Å². The van der Waals surface area contributed by atoms with Crippen LogP contribution < -0.4 is 10.5 Å². The summed E-state index contributed by atoms with van der Waals surface area (Å²) in [6.45, 7) is 0.147. The van der Waals surface area contributed by atoms with E-state index in [0.717, 1.165) is 0 Å². The molecule has 0 radical (unpaired) electrons.